The van der Waals surface area contributed by atoms with Gasteiger partial charge in [-0.25, -0.2) is 4.79 Å². The lowest BCUT2D eigenvalue weighted by molar-refractivity contribution is -0.136. The number of nitrogens with zero attached hydrogens (tertiary/aromatic N) is 2. The van der Waals surface area contributed by atoms with Gasteiger partial charge in [0, 0.05) is 63.5 Å². The van der Waals surface area contributed by atoms with Crippen LogP contribution in [0.1, 0.15) is 104 Å². The van der Waals surface area contributed by atoms with Crippen LogP contribution in [-0.4, -0.2) is 133 Å². The van der Waals surface area contributed by atoms with Crippen molar-refractivity contribution in [2.45, 2.75) is 119 Å². The monoisotopic (exact) mass is 835 g/mol. The summed E-state index contributed by atoms with van der Waals surface area (Å²) in [5.74, 6) is -0.429. The molecule has 1 aliphatic rings. The molecule has 2 rings (SSSR count). The Morgan fingerprint density at radius 2 is 1.68 bits per heavy atom. The Morgan fingerprint density at radius 1 is 1.10 bits per heavy atom. The number of hydrogen-bond acceptors (Lipinski definition) is 11. The van der Waals surface area contributed by atoms with Gasteiger partial charge in [0.1, 0.15) is 18.4 Å². The van der Waals surface area contributed by atoms with Gasteiger partial charge >= 0.3 is 6.03 Å². The largest absolute Gasteiger partial charge is 0.462 e. The molecule has 1 aliphatic heterocycles. The second-order valence-corrected chi connectivity index (χ2v) is 14.9. The molecule has 15 heteroatoms. The van der Waals surface area contributed by atoms with Gasteiger partial charge in [0.15, 0.2) is 6.29 Å². The molecule has 7 N–H and O–H groups in total. The number of rotatable bonds is 19. The zero-order chi connectivity index (χ0) is 46.6. The standard InChI is InChI=1S/C27H44N4O4.C8H13NO3.C4H9N.C2H2O.C2H6.CH4O/c1-18(2)23(15-30(7)14-21-10-8-9-11-22(21)17-33)28-26(35)29-24(27(4,5)6)25(34)31-13-20(16-32)12-19(31)3;1-2-3-4-7(9-6-11)8(12)5-10;1-3-4-5-2;1-2-3;2*1-2/h8-11,17-20,23-24,32H,12-16H2,1-7H3,(H2,28,29,35);5-7H,2-4H2,1H3,(H,9,11);3,5H,1,4H2,2H3;1,3H;1-2H3;2H,1H3. The summed E-state index contributed by atoms with van der Waals surface area (Å²) in [5.41, 5.74) is 1.13. The highest BCUT2D eigenvalue weighted by molar-refractivity contribution is 6.27. The van der Waals surface area contributed by atoms with Gasteiger partial charge in [0.25, 0.3) is 0 Å². The van der Waals surface area contributed by atoms with Gasteiger partial charge in [-0.1, -0.05) is 105 Å². The smallest absolute Gasteiger partial charge is 0.315 e. The summed E-state index contributed by atoms with van der Waals surface area (Å²) in [4.78, 5) is 72.6. The van der Waals surface area contributed by atoms with Crippen LogP contribution in [0.25, 0.3) is 0 Å². The van der Waals surface area contributed by atoms with E-state index in [1.807, 2.05) is 101 Å². The lowest BCUT2D eigenvalue weighted by Crippen LogP contribution is -2.59. The molecule has 0 aliphatic carbocycles. The number of likely N-dealkylation sites (tertiary alicyclic amines) is 1. The van der Waals surface area contributed by atoms with E-state index in [-0.39, 0.29) is 48.8 Å². The first-order chi connectivity index (χ1) is 28.0. The van der Waals surface area contributed by atoms with Crippen LogP contribution in [0.4, 0.5) is 4.79 Å². The Balaban J connectivity index is -0.000000517. The van der Waals surface area contributed by atoms with Crippen molar-refractivity contribution in [1.29, 1.82) is 0 Å². The Morgan fingerprint density at radius 3 is 2.08 bits per heavy atom. The number of likely N-dealkylation sites (N-methyl/N-ethyl adjacent to an activating group) is 2. The number of carbonyl (C=O) groups excluding carboxylic acids is 6. The fraction of sp³-hybridized carbons (Fsp3) is 0.636. The molecule has 1 fully saturated rings. The van der Waals surface area contributed by atoms with Gasteiger partial charge < -0.3 is 46.4 Å². The Hall–Kier alpha value is -4.62. The zero-order valence-electron chi connectivity index (χ0n) is 37.9. The second kappa shape index (κ2) is 37.6. The normalized spacial score (nSPS) is 15.3. The van der Waals surface area contributed by atoms with Crippen molar-refractivity contribution in [3.63, 3.8) is 0 Å². The Kier molecular flexibility index (Phi) is 38.9. The van der Waals surface area contributed by atoms with Gasteiger partial charge in [-0.2, -0.15) is 0 Å². The fourth-order valence-electron chi connectivity index (χ4n) is 5.67. The number of carbonyl (C=O) groups is 6. The number of benzene rings is 1. The van der Waals surface area contributed by atoms with Crippen LogP contribution in [0.15, 0.2) is 36.9 Å². The number of aldehydes is 2. The molecule has 1 heterocycles. The molecule has 5 atom stereocenters. The van der Waals surface area contributed by atoms with Crippen molar-refractivity contribution in [3.8, 4) is 12.5 Å². The first-order valence-electron chi connectivity index (χ1n) is 20.1. The summed E-state index contributed by atoms with van der Waals surface area (Å²) < 4.78 is 0. The number of Topliss-reactive ketones (excluding diaryl/α,β-unsaturated/α-hetero) is 1. The predicted octanol–water partition coefficient (Wildman–Crippen LogP) is 3.93. The van der Waals surface area contributed by atoms with E-state index in [9.17, 15) is 33.9 Å². The fourth-order valence-corrected chi connectivity index (χ4v) is 5.67. The van der Waals surface area contributed by atoms with E-state index in [4.69, 9.17) is 10.2 Å². The molecule has 0 aromatic heterocycles. The Bertz CT molecular complexity index is 1350. The molecular formula is C44H78N6O9. The van der Waals surface area contributed by atoms with Crippen molar-refractivity contribution in [3.05, 3.63) is 48.0 Å². The number of unbranched alkanes of at least 4 members (excludes halogenated alkanes) is 1. The van der Waals surface area contributed by atoms with E-state index in [1.54, 1.807) is 11.0 Å². The van der Waals surface area contributed by atoms with E-state index in [0.717, 1.165) is 44.8 Å². The van der Waals surface area contributed by atoms with Gasteiger partial charge in [-0.3, -0.25) is 24.0 Å². The van der Waals surface area contributed by atoms with Gasteiger partial charge in [0.05, 0.1) is 6.04 Å². The van der Waals surface area contributed by atoms with Crippen LogP contribution in [0.2, 0.25) is 0 Å². The predicted molar refractivity (Wildman–Crippen MR) is 236 cm³/mol. The molecule has 0 bridgehead atoms. The summed E-state index contributed by atoms with van der Waals surface area (Å²) in [7, 11) is 4.85. The number of nitrogens with one attached hydrogen (secondary N) is 4. The summed E-state index contributed by atoms with van der Waals surface area (Å²) in [5, 5.41) is 34.9. The molecule has 338 valence electrons. The molecule has 0 saturated carbocycles. The van der Waals surface area contributed by atoms with E-state index in [2.05, 4.69) is 39.2 Å². The molecule has 0 radical (unpaired) electrons. The summed E-state index contributed by atoms with van der Waals surface area (Å²) in [6.45, 7) is 24.0. The molecule has 1 saturated heterocycles. The lowest BCUT2D eigenvalue weighted by atomic mass is 9.85. The second-order valence-electron chi connectivity index (χ2n) is 14.9. The zero-order valence-corrected chi connectivity index (χ0v) is 37.9. The first kappa shape index (κ1) is 61.0. The van der Waals surface area contributed by atoms with Crippen molar-refractivity contribution < 1.29 is 44.1 Å². The molecule has 1 aromatic rings. The number of aliphatic hydroxyl groups excluding tert-OH is 3. The average Bonchev–Trinajstić information content (AvgIpc) is 3.60. The van der Waals surface area contributed by atoms with Crippen molar-refractivity contribution >= 4 is 36.7 Å². The van der Waals surface area contributed by atoms with Gasteiger partial charge in [0.2, 0.25) is 18.1 Å². The quantitative estimate of drug-likeness (QED) is 0.0459. The first-order valence-corrected chi connectivity index (χ1v) is 20.1. The summed E-state index contributed by atoms with van der Waals surface area (Å²) >= 11 is 0. The molecule has 0 spiro atoms. The number of hydrogen-bond donors (Lipinski definition) is 7. The molecule has 1 aromatic carbocycles. The minimum absolute atomic E-state index is 0.0284. The van der Waals surface area contributed by atoms with Crippen molar-refractivity contribution in [1.82, 2.24) is 31.1 Å². The molecular weight excluding hydrogens is 757 g/mol. The average molecular weight is 835 g/mol. The Labute approximate surface area is 355 Å². The van der Waals surface area contributed by atoms with Crippen LogP contribution in [-0.2, 0) is 25.7 Å². The number of amides is 4. The van der Waals surface area contributed by atoms with E-state index >= 15 is 0 Å². The number of terminal acetylenes is 1. The maximum Gasteiger partial charge on any atom is 0.315 e. The van der Waals surface area contributed by atoms with E-state index in [1.165, 1.54) is 6.11 Å². The van der Waals surface area contributed by atoms with Crippen LogP contribution in [0.3, 0.4) is 0 Å². The minimum Gasteiger partial charge on any atom is -0.462 e. The highest BCUT2D eigenvalue weighted by Crippen LogP contribution is 2.28. The number of aliphatic hydroxyl groups is 3. The third kappa shape index (κ3) is 27.7. The van der Waals surface area contributed by atoms with Crippen LogP contribution in [0, 0.1) is 29.8 Å². The topological polar surface area (TPSA) is 218 Å². The van der Waals surface area contributed by atoms with E-state index in [0.29, 0.717) is 38.0 Å². The third-order valence-corrected chi connectivity index (χ3v) is 8.77. The van der Waals surface area contributed by atoms with Crippen LogP contribution < -0.4 is 21.3 Å². The van der Waals surface area contributed by atoms with Crippen LogP contribution in [0.5, 0.6) is 0 Å². The molecule has 59 heavy (non-hydrogen) atoms. The minimum atomic E-state index is -0.688. The maximum atomic E-state index is 13.4. The number of ketones is 1. The highest BCUT2D eigenvalue weighted by atomic mass is 16.3. The summed E-state index contributed by atoms with van der Waals surface area (Å²) in [6.07, 6.45) is 11.8. The highest BCUT2D eigenvalue weighted by Gasteiger charge is 2.41. The van der Waals surface area contributed by atoms with Gasteiger partial charge in [-0.15, -0.1) is 6.58 Å². The van der Waals surface area contributed by atoms with Crippen LogP contribution >= 0.6 is 0 Å². The molecule has 15 nitrogen and oxygen atoms in total. The van der Waals surface area contributed by atoms with Gasteiger partial charge in [-0.05, 0) is 50.8 Å². The molecule has 5 unspecified atom stereocenters. The molecule has 4 amide bonds. The third-order valence-electron chi connectivity index (χ3n) is 8.77. The SMILES string of the molecule is C#CO.C=CCNC.CC.CC(C)C(CN(C)Cc1ccccc1C=O)NC(=O)NC(C(=O)N1CC(CO)CC1C)C(C)(C)C.CCCCC(NC=O)C(=O)C=O.CO. The van der Waals surface area contributed by atoms with Crippen molar-refractivity contribution in [2.75, 3.05) is 47.4 Å². The van der Waals surface area contributed by atoms with E-state index < -0.39 is 23.3 Å². The summed E-state index contributed by atoms with van der Waals surface area (Å²) in [6, 6.07) is 5.69. The maximum absolute atomic E-state index is 13.4. The van der Waals surface area contributed by atoms with Crippen molar-refractivity contribution in [2.24, 2.45) is 17.3 Å². The lowest BCUT2D eigenvalue weighted by Gasteiger charge is -2.36. The number of urea groups is 1.